The van der Waals surface area contributed by atoms with Crippen LogP contribution >= 0.6 is 12.4 Å². The summed E-state index contributed by atoms with van der Waals surface area (Å²) in [4.78, 5) is 47.3. The molecule has 0 aliphatic rings. The SMILES string of the molecule is C.CC(C)OC(=O)c1ccc(C=NS(=O)C(C)(C)C)cc1.CC(C)OC(=O)c1ccc([C@@H](CC(C)(C)C)NS(=O)C(C)(C)C)cc1.CC(C)OC(=O)c1ccc([C@H](CC(C)(C)C)NS(=O)C(C)(C)C)cc1.CC(C)OC(=O)c1ccc([C@H](N)CC(C)(C)C)cc1.Cl.[Br-].[CH2-]C(C)(C)C.[Mg+2]. The first-order chi connectivity index (χ1) is 42.5. The van der Waals surface area contributed by atoms with E-state index in [0.29, 0.717) is 22.3 Å². The molecule has 0 aliphatic carbocycles. The van der Waals surface area contributed by atoms with Crippen LogP contribution in [0.15, 0.2) is 101 Å². The Labute approximate surface area is 635 Å². The van der Waals surface area contributed by atoms with E-state index in [1.54, 1.807) is 80.7 Å². The number of nitrogens with zero attached hydrogens (tertiary/aromatic N) is 1. The second-order valence-electron chi connectivity index (χ2n) is 32.5. The molecule has 0 bridgehead atoms. The van der Waals surface area contributed by atoms with E-state index in [9.17, 15) is 31.8 Å². The number of carbonyl (C=O) groups excluding carboxylic acids is 4. The zero-order valence-electron chi connectivity index (χ0n) is 64.4. The summed E-state index contributed by atoms with van der Waals surface area (Å²) in [5, 5.41) is 0. The smallest absolute Gasteiger partial charge is 1.00 e. The van der Waals surface area contributed by atoms with Gasteiger partial charge in [0.25, 0.3) is 0 Å². The fourth-order valence-electron chi connectivity index (χ4n) is 7.74. The van der Waals surface area contributed by atoms with Gasteiger partial charge < -0.3 is 48.6 Å². The van der Waals surface area contributed by atoms with E-state index in [1.807, 2.05) is 140 Å². The van der Waals surface area contributed by atoms with Crippen molar-refractivity contribution < 1.29 is 67.7 Å². The Hall–Kier alpha value is -3.70. The van der Waals surface area contributed by atoms with Crippen molar-refractivity contribution in [3.8, 4) is 0 Å². The van der Waals surface area contributed by atoms with Gasteiger partial charge in [-0.25, -0.2) is 41.2 Å². The van der Waals surface area contributed by atoms with Crippen molar-refractivity contribution in [2.45, 2.75) is 284 Å². The number of carbonyl (C=O) groups is 4. The maximum Gasteiger partial charge on any atom is 2.00 e. The van der Waals surface area contributed by atoms with Crippen molar-refractivity contribution in [3.63, 3.8) is 0 Å². The van der Waals surface area contributed by atoms with Crippen molar-refractivity contribution in [3.05, 3.63) is 148 Å². The molecule has 0 heterocycles. The quantitative estimate of drug-likeness (QED) is 0.0247. The molecule has 0 amide bonds. The van der Waals surface area contributed by atoms with Crippen LogP contribution in [-0.2, 0) is 51.9 Å². The number of benzene rings is 4. The van der Waals surface area contributed by atoms with Crippen LogP contribution in [0, 0.1) is 28.6 Å². The molecule has 15 nitrogen and oxygen atoms in total. The Balaban J connectivity index is -0.000000380. The number of hydrogen-bond donors (Lipinski definition) is 3. The fraction of sp³-hybridized carbons (Fsp3) is 0.610. The van der Waals surface area contributed by atoms with Gasteiger partial charge in [-0.1, -0.05) is 139 Å². The number of halogens is 2. The Kier molecular flexibility index (Phi) is 48.4. The molecule has 4 rings (SSSR count). The second kappa shape index (κ2) is 46.1. The zero-order valence-corrected chi connectivity index (χ0v) is 70.7. The van der Waals surface area contributed by atoms with E-state index in [2.05, 4.69) is 104 Å². The summed E-state index contributed by atoms with van der Waals surface area (Å²) in [6.07, 6.45) is 3.61. The van der Waals surface area contributed by atoms with Crippen LogP contribution in [-0.4, -0.2) is 104 Å². The molecule has 4 N–H and O–H groups in total. The van der Waals surface area contributed by atoms with Gasteiger partial charge >= 0.3 is 46.9 Å². The molecule has 6 atom stereocenters. The van der Waals surface area contributed by atoms with Gasteiger partial charge in [0.1, 0.15) is 11.0 Å². The summed E-state index contributed by atoms with van der Waals surface area (Å²) >= 11 is 0. The van der Waals surface area contributed by atoms with Crippen molar-refractivity contribution >= 4 is 98.5 Å². The first kappa shape index (κ1) is 103. The zero-order chi connectivity index (χ0) is 73.3. The molecule has 4 aromatic carbocycles. The molecule has 0 aliphatic heterocycles. The predicted molar refractivity (Wildman–Crippen MR) is 415 cm³/mol. The van der Waals surface area contributed by atoms with Gasteiger partial charge in [0.05, 0.1) is 82.9 Å². The molecular formula is C77H128BrClMgN4O11S3. The molecule has 3 unspecified atom stereocenters. The first-order valence-corrected chi connectivity index (χ1v) is 36.1. The van der Waals surface area contributed by atoms with Gasteiger partial charge in [-0.3, -0.25) is 0 Å². The molecule has 0 aromatic heterocycles. The third-order valence-electron chi connectivity index (χ3n) is 12.1. The van der Waals surface area contributed by atoms with Crippen molar-refractivity contribution in [1.82, 2.24) is 9.44 Å². The molecule has 4 aromatic rings. The first-order valence-electron chi connectivity index (χ1n) is 32.6. The van der Waals surface area contributed by atoms with Gasteiger partial charge in [0.2, 0.25) is 0 Å². The van der Waals surface area contributed by atoms with Gasteiger partial charge in [-0.2, -0.15) is 9.81 Å². The minimum atomic E-state index is -1.28. The average Bonchev–Trinajstić information content (AvgIpc) is 0.856. The number of esters is 4. The summed E-state index contributed by atoms with van der Waals surface area (Å²) in [5.74, 6) is -1.27. The summed E-state index contributed by atoms with van der Waals surface area (Å²) in [5.41, 5.74) is 12.8. The van der Waals surface area contributed by atoms with Gasteiger partial charge in [-0.05, 0) is 224 Å². The number of nitrogens with one attached hydrogen (secondary N) is 2. The summed E-state index contributed by atoms with van der Waals surface area (Å²) < 4.78 is 67.1. The predicted octanol–water partition coefficient (Wildman–Crippen LogP) is 15.9. The Bertz CT molecular complexity index is 2930. The van der Waals surface area contributed by atoms with E-state index in [4.69, 9.17) is 24.7 Å². The van der Waals surface area contributed by atoms with E-state index >= 15 is 0 Å². The average molecular weight is 1520 g/mol. The van der Waals surface area contributed by atoms with Gasteiger partial charge in [-0.15, -0.1) is 12.4 Å². The van der Waals surface area contributed by atoms with E-state index in [0.717, 1.165) is 41.5 Å². The van der Waals surface area contributed by atoms with Gasteiger partial charge in [0.15, 0.2) is 0 Å². The summed E-state index contributed by atoms with van der Waals surface area (Å²) in [6.45, 7) is 61.4. The topological polar surface area (TPSA) is 219 Å². The minimum Gasteiger partial charge on any atom is -1.00 e. The molecular weight excluding hydrogens is 1390 g/mol. The largest absolute Gasteiger partial charge is 2.00 e. The standard InChI is InChI=1S/2C20H33NO3S.C16H25NO2.C15H21NO3S.C5H11.CH4.BrH.ClH.Mg/c2*1-14(2)24-18(22)16-11-9-15(10-12-16)17(13-19(3,4)5)21-25(23)20(6,7)8;1-11(2)19-15(18)13-8-6-12(7-9-13)14(17)10-16(3,4)5;1-11(2)19-14(17)13-8-6-12(7-9-13)10-16-20(18)15(3,4)5;1-5(2,3)4;;;;/h2*9-12,14,17,21H,13H2,1-8H3;6-9,11,14H,10,17H2,1-5H3;6-11H,1-5H3;1H2,2-4H3;1H4;2*1H;/q;;;;-1;;;;+2/p-1/t2*17-,25?;14-;;;;;;/m101....../s1. The van der Waals surface area contributed by atoms with E-state index in [1.165, 1.54) is 0 Å². The van der Waals surface area contributed by atoms with Crippen molar-refractivity contribution in [1.29, 1.82) is 0 Å². The Morgan fingerprint density at radius 3 is 0.867 bits per heavy atom. The van der Waals surface area contributed by atoms with Crippen LogP contribution in [0.25, 0.3) is 0 Å². The summed E-state index contributed by atoms with van der Waals surface area (Å²) in [6, 6.07) is 28.9. The maximum absolute atomic E-state index is 12.6. The van der Waals surface area contributed by atoms with Crippen LogP contribution in [0.4, 0.5) is 0 Å². The number of hydrogen-bond acceptors (Lipinski definition) is 12. The maximum atomic E-state index is 12.6. The molecule has 98 heavy (non-hydrogen) atoms. The third-order valence-corrected chi connectivity index (χ3v) is 16.7. The van der Waals surface area contributed by atoms with E-state index < -0.39 is 33.0 Å². The monoisotopic (exact) mass is 1520 g/mol. The summed E-state index contributed by atoms with van der Waals surface area (Å²) in [7, 11) is -3.61. The third kappa shape index (κ3) is 48.2. The van der Waals surface area contributed by atoms with Crippen molar-refractivity contribution in [2.24, 2.45) is 31.8 Å². The van der Waals surface area contributed by atoms with Gasteiger partial charge in [0, 0.05) is 24.3 Å². The normalized spacial score (nSPS) is 13.7. The van der Waals surface area contributed by atoms with Crippen LogP contribution in [0.2, 0.25) is 0 Å². The van der Waals surface area contributed by atoms with Crippen LogP contribution < -0.4 is 32.2 Å². The van der Waals surface area contributed by atoms with Crippen molar-refractivity contribution in [2.75, 3.05) is 0 Å². The van der Waals surface area contributed by atoms with E-state index in [-0.39, 0.29) is 162 Å². The molecule has 0 spiro atoms. The van der Waals surface area contributed by atoms with Crippen LogP contribution in [0.5, 0.6) is 0 Å². The molecule has 0 radical (unpaired) electrons. The number of ether oxygens (including phenoxy) is 4. The molecule has 0 saturated heterocycles. The Morgan fingerprint density at radius 2 is 0.663 bits per heavy atom. The van der Waals surface area contributed by atoms with Crippen LogP contribution in [0.3, 0.4) is 0 Å². The fourth-order valence-corrected chi connectivity index (χ4v) is 9.94. The second-order valence-corrected chi connectivity index (χ2v) is 38.4. The van der Waals surface area contributed by atoms with Crippen LogP contribution in [0.1, 0.15) is 309 Å². The molecule has 0 fully saturated rings. The minimum absolute atomic E-state index is 0. The number of rotatable bonds is 20. The number of nitrogens with two attached hydrogens (primary N) is 1. The molecule has 0 saturated carbocycles. The Morgan fingerprint density at radius 1 is 0.439 bits per heavy atom. The molecule has 556 valence electrons. The molecule has 21 heteroatoms.